The molecule has 1 aliphatic carbocycles. The summed E-state index contributed by atoms with van der Waals surface area (Å²) in [7, 11) is 0. The number of aliphatic hydroxyl groups is 1. The molecule has 0 radical (unpaired) electrons. The van der Waals surface area contributed by atoms with Gasteiger partial charge in [-0.15, -0.1) is 0 Å². The van der Waals surface area contributed by atoms with Gasteiger partial charge in [-0.05, 0) is 47.8 Å². The van der Waals surface area contributed by atoms with Gasteiger partial charge in [0.15, 0.2) is 0 Å². The molecule has 0 amide bonds. The zero-order valence-electron chi connectivity index (χ0n) is 14.3. The fourth-order valence-electron chi connectivity index (χ4n) is 3.09. The lowest BCUT2D eigenvalue weighted by molar-refractivity contribution is 0.363. The predicted octanol–water partition coefficient (Wildman–Crippen LogP) is 5.71. The summed E-state index contributed by atoms with van der Waals surface area (Å²) in [4.78, 5) is 0. The van der Waals surface area contributed by atoms with E-state index in [-0.39, 0.29) is 0 Å². The van der Waals surface area contributed by atoms with E-state index in [1.165, 1.54) is 16.7 Å². The maximum absolute atomic E-state index is 9.54. The standard InChI is InChI=1S/C21H26O2/c1-5-14-23-20-12-8-17(9-13-20)16(4)21(15(2)3)18-6-10-19(22)11-7-18/h5-6,8-13,15-16,22H,1,7,14H2,2-4H3. The maximum atomic E-state index is 9.54. The Bertz CT molecular complexity index is 630. The van der Waals surface area contributed by atoms with Crippen LogP contribution in [0.5, 0.6) is 5.75 Å². The number of hydrogen-bond donors (Lipinski definition) is 1. The van der Waals surface area contributed by atoms with E-state index in [0.717, 1.165) is 12.2 Å². The lowest BCUT2D eigenvalue weighted by atomic mass is 9.81. The third-order valence-corrected chi connectivity index (χ3v) is 4.19. The van der Waals surface area contributed by atoms with E-state index >= 15 is 0 Å². The smallest absolute Gasteiger partial charge is 0.119 e. The number of allylic oxidation sites excluding steroid dienone is 5. The fourth-order valence-corrected chi connectivity index (χ4v) is 3.09. The van der Waals surface area contributed by atoms with Crippen molar-refractivity contribution in [2.24, 2.45) is 5.92 Å². The lowest BCUT2D eigenvalue weighted by Crippen LogP contribution is -2.08. The molecule has 0 aromatic heterocycles. The number of hydrogen-bond acceptors (Lipinski definition) is 2. The highest BCUT2D eigenvalue weighted by Gasteiger charge is 2.19. The van der Waals surface area contributed by atoms with Crippen LogP contribution in [-0.2, 0) is 0 Å². The van der Waals surface area contributed by atoms with Crippen molar-refractivity contribution in [3.63, 3.8) is 0 Å². The first-order valence-corrected chi connectivity index (χ1v) is 8.16. The summed E-state index contributed by atoms with van der Waals surface area (Å²) in [6, 6.07) is 8.29. The van der Waals surface area contributed by atoms with Crippen LogP contribution in [0.2, 0.25) is 0 Å². The molecule has 0 saturated carbocycles. The van der Waals surface area contributed by atoms with Crippen molar-refractivity contribution >= 4 is 0 Å². The van der Waals surface area contributed by atoms with Crippen molar-refractivity contribution in [3.8, 4) is 5.75 Å². The van der Waals surface area contributed by atoms with Crippen LogP contribution in [0.25, 0.3) is 0 Å². The molecule has 1 aliphatic rings. The Balaban J connectivity index is 2.25. The van der Waals surface area contributed by atoms with Gasteiger partial charge in [0.25, 0.3) is 0 Å². The minimum atomic E-state index is 0.330. The monoisotopic (exact) mass is 310 g/mol. The molecule has 1 aromatic rings. The third-order valence-electron chi connectivity index (χ3n) is 4.19. The van der Waals surface area contributed by atoms with Gasteiger partial charge in [-0.25, -0.2) is 0 Å². The molecular weight excluding hydrogens is 284 g/mol. The molecule has 1 N–H and O–H groups in total. The molecule has 0 aliphatic heterocycles. The first kappa shape index (κ1) is 17.1. The van der Waals surface area contributed by atoms with E-state index in [2.05, 4.69) is 39.5 Å². The molecule has 0 fully saturated rings. The van der Waals surface area contributed by atoms with Gasteiger partial charge >= 0.3 is 0 Å². The van der Waals surface area contributed by atoms with E-state index in [1.807, 2.05) is 24.3 Å². The van der Waals surface area contributed by atoms with Gasteiger partial charge in [0, 0.05) is 5.92 Å². The van der Waals surface area contributed by atoms with Crippen LogP contribution >= 0.6 is 0 Å². The predicted molar refractivity (Wildman–Crippen MR) is 96.9 cm³/mol. The number of ether oxygens (including phenoxy) is 1. The largest absolute Gasteiger partial charge is 0.508 e. The zero-order chi connectivity index (χ0) is 16.8. The van der Waals surface area contributed by atoms with Gasteiger partial charge in [0.2, 0.25) is 0 Å². The van der Waals surface area contributed by atoms with E-state index < -0.39 is 0 Å². The summed E-state index contributed by atoms with van der Waals surface area (Å²) in [6.45, 7) is 10.9. The molecule has 2 rings (SSSR count). The Morgan fingerprint density at radius 3 is 2.43 bits per heavy atom. The highest BCUT2D eigenvalue weighted by Crippen LogP contribution is 2.35. The van der Waals surface area contributed by atoms with E-state index in [9.17, 15) is 5.11 Å². The molecule has 2 heteroatoms. The highest BCUT2D eigenvalue weighted by molar-refractivity contribution is 5.42. The Morgan fingerprint density at radius 2 is 1.91 bits per heavy atom. The van der Waals surface area contributed by atoms with Gasteiger partial charge in [0.05, 0.1) is 0 Å². The number of benzene rings is 1. The first-order chi connectivity index (χ1) is 11.0. The average molecular weight is 310 g/mol. The molecule has 0 bridgehead atoms. The maximum Gasteiger partial charge on any atom is 0.119 e. The second kappa shape index (κ2) is 7.87. The number of rotatable bonds is 6. The first-order valence-electron chi connectivity index (χ1n) is 8.16. The van der Waals surface area contributed by atoms with Gasteiger partial charge in [-0.1, -0.05) is 57.2 Å². The van der Waals surface area contributed by atoms with Crippen LogP contribution < -0.4 is 4.74 Å². The molecule has 2 nitrogen and oxygen atoms in total. The molecular formula is C21H26O2. The van der Waals surface area contributed by atoms with Crippen molar-refractivity contribution in [2.75, 3.05) is 6.61 Å². The van der Waals surface area contributed by atoms with Crippen molar-refractivity contribution < 1.29 is 9.84 Å². The molecule has 1 unspecified atom stereocenters. The summed E-state index contributed by atoms with van der Waals surface area (Å²) in [5.74, 6) is 2.00. The molecule has 1 aromatic carbocycles. The van der Waals surface area contributed by atoms with Crippen LogP contribution in [0.3, 0.4) is 0 Å². The minimum absolute atomic E-state index is 0.330. The van der Waals surface area contributed by atoms with Crippen LogP contribution in [0, 0.1) is 5.92 Å². The topological polar surface area (TPSA) is 29.5 Å². The number of aliphatic hydroxyl groups excluding tert-OH is 1. The molecule has 0 spiro atoms. The molecule has 23 heavy (non-hydrogen) atoms. The average Bonchev–Trinajstić information content (AvgIpc) is 2.55. The molecule has 122 valence electrons. The van der Waals surface area contributed by atoms with Gasteiger partial charge in [0.1, 0.15) is 18.1 Å². The molecule has 0 heterocycles. The van der Waals surface area contributed by atoms with Gasteiger partial charge in [-0.3, -0.25) is 0 Å². The summed E-state index contributed by atoms with van der Waals surface area (Å²) < 4.78 is 5.55. The summed E-state index contributed by atoms with van der Waals surface area (Å²) in [6.07, 6.45) is 8.23. The lowest BCUT2D eigenvalue weighted by Gasteiger charge is -2.24. The van der Waals surface area contributed by atoms with Crippen LogP contribution in [0.4, 0.5) is 0 Å². The molecule has 1 atom stereocenters. The van der Waals surface area contributed by atoms with Crippen LogP contribution in [0.15, 0.2) is 72.1 Å². The van der Waals surface area contributed by atoms with Crippen LogP contribution in [0.1, 0.15) is 38.7 Å². The summed E-state index contributed by atoms with van der Waals surface area (Å²) in [5, 5.41) is 9.54. The quantitative estimate of drug-likeness (QED) is 0.682. The van der Waals surface area contributed by atoms with E-state index in [0.29, 0.717) is 24.2 Å². The van der Waals surface area contributed by atoms with Gasteiger partial charge in [-0.2, -0.15) is 0 Å². The van der Waals surface area contributed by atoms with Crippen LogP contribution in [-0.4, -0.2) is 11.7 Å². The summed E-state index contributed by atoms with van der Waals surface area (Å²) >= 11 is 0. The highest BCUT2D eigenvalue weighted by atomic mass is 16.5. The van der Waals surface area contributed by atoms with Crippen molar-refractivity contribution in [3.05, 3.63) is 77.6 Å². The van der Waals surface area contributed by atoms with Gasteiger partial charge < -0.3 is 9.84 Å². The SMILES string of the molecule is C=CCOc1ccc(C(C)C(=C2C=CC(O)=CC2)C(C)C)cc1. The fraction of sp³-hybridized carbons (Fsp3) is 0.333. The van der Waals surface area contributed by atoms with E-state index in [1.54, 1.807) is 12.2 Å². The Hall–Kier alpha value is -2.22. The summed E-state index contributed by atoms with van der Waals surface area (Å²) in [5.41, 5.74) is 4.00. The van der Waals surface area contributed by atoms with E-state index in [4.69, 9.17) is 4.74 Å². The normalized spacial score (nSPS) is 17.7. The van der Waals surface area contributed by atoms with Crippen molar-refractivity contribution in [2.45, 2.75) is 33.1 Å². The minimum Gasteiger partial charge on any atom is -0.508 e. The second-order valence-corrected chi connectivity index (χ2v) is 6.19. The Morgan fingerprint density at radius 1 is 1.22 bits per heavy atom. The Kier molecular flexibility index (Phi) is 5.86. The van der Waals surface area contributed by atoms with Crippen molar-refractivity contribution in [1.82, 2.24) is 0 Å². The Labute approximate surface area is 139 Å². The third kappa shape index (κ3) is 4.38. The molecule has 0 saturated heterocycles. The zero-order valence-corrected chi connectivity index (χ0v) is 14.3. The second-order valence-electron chi connectivity index (χ2n) is 6.19. The van der Waals surface area contributed by atoms with Crippen molar-refractivity contribution in [1.29, 1.82) is 0 Å².